The number of aromatic nitrogens is 1. The molecule has 5 nitrogen and oxygen atoms in total. The second-order valence-electron chi connectivity index (χ2n) is 5.42. The minimum absolute atomic E-state index is 0. The van der Waals surface area contributed by atoms with E-state index < -0.39 is 0 Å². The van der Waals surface area contributed by atoms with Crippen LogP contribution in [-0.2, 0) is 12.8 Å². The van der Waals surface area contributed by atoms with Gasteiger partial charge in [-0.3, -0.25) is 4.99 Å². The quantitative estimate of drug-likeness (QED) is 0.371. The molecule has 0 aliphatic rings. The van der Waals surface area contributed by atoms with Crippen molar-refractivity contribution in [3.63, 3.8) is 0 Å². The third-order valence-electron chi connectivity index (χ3n) is 3.05. The van der Waals surface area contributed by atoms with Crippen LogP contribution in [0.4, 0.5) is 5.69 Å². The average molecular weight is 460 g/mol. The number of thiazole rings is 1. The predicted octanol–water partition coefficient (Wildman–Crippen LogP) is 4.08. The van der Waals surface area contributed by atoms with Crippen LogP contribution in [0.25, 0.3) is 0 Å². The summed E-state index contributed by atoms with van der Waals surface area (Å²) in [5.74, 6) is 1.25. The Balaban J connectivity index is 0.00000288. The second kappa shape index (κ2) is 10.5. The molecule has 0 bridgehead atoms. The molecule has 0 aliphatic carbocycles. The molecule has 0 radical (unpaired) electrons. The maximum atomic E-state index is 5.91. The zero-order chi connectivity index (χ0) is 16.7. The van der Waals surface area contributed by atoms with Crippen molar-refractivity contribution in [1.29, 1.82) is 0 Å². The summed E-state index contributed by atoms with van der Waals surface area (Å²) in [6.07, 6.45) is 1.95. The fraction of sp³-hybridized carbons (Fsp3) is 0.412. The molecule has 1 aromatic heterocycles. The van der Waals surface area contributed by atoms with E-state index in [0.29, 0.717) is 12.5 Å². The largest absolute Gasteiger partial charge is 0.491 e. The van der Waals surface area contributed by atoms with E-state index in [4.69, 9.17) is 10.5 Å². The normalized spacial score (nSPS) is 11.2. The van der Waals surface area contributed by atoms with Crippen LogP contribution >= 0.6 is 35.3 Å². The topological polar surface area (TPSA) is 72.5 Å². The molecular formula is C17H25IN4OS. The average Bonchev–Trinajstić information content (AvgIpc) is 2.97. The van der Waals surface area contributed by atoms with Gasteiger partial charge in [-0.25, -0.2) is 4.98 Å². The lowest BCUT2D eigenvalue weighted by Crippen LogP contribution is -2.23. The highest BCUT2D eigenvalue weighted by Crippen LogP contribution is 2.16. The highest BCUT2D eigenvalue weighted by molar-refractivity contribution is 14.0. The molecule has 1 heterocycles. The number of nitrogens with zero attached hydrogens (tertiary/aromatic N) is 2. The highest BCUT2D eigenvalue weighted by atomic mass is 127. The maximum Gasteiger partial charge on any atom is 0.193 e. The number of aryl methyl sites for hydroxylation is 1. The molecule has 0 spiro atoms. The molecule has 0 saturated heterocycles. The molecule has 2 aromatic rings. The first-order valence-electron chi connectivity index (χ1n) is 7.83. The molecule has 0 atom stereocenters. The van der Waals surface area contributed by atoms with E-state index in [1.807, 2.05) is 38.1 Å². The van der Waals surface area contributed by atoms with E-state index in [1.54, 1.807) is 11.3 Å². The van der Waals surface area contributed by atoms with Crippen LogP contribution in [0.2, 0.25) is 0 Å². The SMILES string of the molecule is CCc1nc(CCN=C(N)Nc2ccc(OC(C)C)cc2)cs1.I. The van der Waals surface area contributed by atoms with Crippen molar-refractivity contribution in [2.75, 3.05) is 11.9 Å². The summed E-state index contributed by atoms with van der Waals surface area (Å²) in [5.41, 5.74) is 7.88. The second-order valence-corrected chi connectivity index (χ2v) is 6.36. The first kappa shape index (κ1) is 20.7. The lowest BCUT2D eigenvalue weighted by atomic mass is 10.3. The van der Waals surface area contributed by atoms with Gasteiger partial charge in [-0.1, -0.05) is 6.92 Å². The van der Waals surface area contributed by atoms with Crippen molar-refractivity contribution in [2.45, 2.75) is 39.7 Å². The molecule has 0 amide bonds. The Morgan fingerprint density at radius 1 is 1.33 bits per heavy atom. The summed E-state index contributed by atoms with van der Waals surface area (Å²) in [5, 5.41) is 6.33. The smallest absolute Gasteiger partial charge is 0.193 e. The zero-order valence-corrected chi connectivity index (χ0v) is 17.4. The summed E-state index contributed by atoms with van der Waals surface area (Å²) >= 11 is 1.70. The molecule has 0 unspecified atom stereocenters. The Morgan fingerprint density at radius 3 is 2.62 bits per heavy atom. The fourth-order valence-corrected chi connectivity index (χ4v) is 2.77. The number of benzene rings is 1. The number of guanidine groups is 1. The van der Waals surface area contributed by atoms with Crippen molar-refractivity contribution in [3.8, 4) is 5.75 Å². The minimum Gasteiger partial charge on any atom is -0.491 e. The van der Waals surface area contributed by atoms with Gasteiger partial charge in [-0.15, -0.1) is 35.3 Å². The minimum atomic E-state index is 0. The van der Waals surface area contributed by atoms with Crippen molar-refractivity contribution in [1.82, 2.24) is 4.98 Å². The van der Waals surface area contributed by atoms with Gasteiger partial charge in [0.1, 0.15) is 5.75 Å². The number of ether oxygens (including phenoxy) is 1. The van der Waals surface area contributed by atoms with Crippen LogP contribution in [-0.4, -0.2) is 23.6 Å². The Labute approximate surface area is 164 Å². The van der Waals surface area contributed by atoms with Crippen molar-refractivity contribution < 1.29 is 4.74 Å². The first-order chi connectivity index (χ1) is 11.1. The first-order valence-corrected chi connectivity index (χ1v) is 8.71. The standard InChI is InChI=1S/C17H24N4OS.HI/c1-4-16-20-14(11-23-16)9-10-19-17(18)21-13-5-7-15(8-6-13)22-12(2)3;/h5-8,11-12H,4,9-10H2,1-3H3,(H3,18,19,21);1H. The molecule has 24 heavy (non-hydrogen) atoms. The van der Waals surface area contributed by atoms with Gasteiger partial charge in [0.15, 0.2) is 5.96 Å². The molecule has 1 aromatic carbocycles. The van der Waals surface area contributed by atoms with Gasteiger partial charge in [0.25, 0.3) is 0 Å². The lowest BCUT2D eigenvalue weighted by Gasteiger charge is -2.10. The van der Waals surface area contributed by atoms with Crippen molar-refractivity contribution in [2.24, 2.45) is 10.7 Å². The van der Waals surface area contributed by atoms with Gasteiger partial charge >= 0.3 is 0 Å². The number of halogens is 1. The molecule has 132 valence electrons. The molecule has 3 N–H and O–H groups in total. The number of hydrogen-bond acceptors (Lipinski definition) is 4. The van der Waals surface area contributed by atoms with Crippen LogP contribution in [0.5, 0.6) is 5.75 Å². The molecule has 7 heteroatoms. The van der Waals surface area contributed by atoms with Crippen LogP contribution < -0.4 is 15.8 Å². The highest BCUT2D eigenvalue weighted by Gasteiger charge is 2.01. The van der Waals surface area contributed by atoms with Crippen LogP contribution in [0, 0.1) is 0 Å². The van der Waals surface area contributed by atoms with Crippen LogP contribution in [0.1, 0.15) is 31.5 Å². The van der Waals surface area contributed by atoms with E-state index in [0.717, 1.165) is 30.0 Å². The van der Waals surface area contributed by atoms with Gasteiger partial charge in [0.2, 0.25) is 0 Å². The van der Waals surface area contributed by atoms with Crippen LogP contribution in [0.15, 0.2) is 34.6 Å². The molecule has 0 aliphatic heterocycles. The molecule has 0 saturated carbocycles. The van der Waals surface area contributed by atoms with Crippen molar-refractivity contribution in [3.05, 3.63) is 40.3 Å². The third-order valence-corrected chi connectivity index (χ3v) is 4.09. The Bertz CT molecular complexity index is 640. The summed E-state index contributed by atoms with van der Waals surface area (Å²) in [7, 11) is 0. The third kappa shape index (κ3) is 7.04. The summed E-state index contributed by atoms with van der Waals surface area (Å²) in [6.45, 7) is 6.74. The number of anilines is 1. The number of hydrogen-bond donors (Lipinski definition) is 2. The van der Waals surface area contributed by atoms with Crippen molar-refractivity contribution >= 4 is 47.0 Å². The molecular weight excluding hydrogens is 435 g/mol. The molecule has 0 fully saturated rings. The Morgan fingerprint density at radius 2 is 2.04 bits per heavy atom. The van der Waals surface area contributed by atoms with E-state index in [2.05, 4.69) is 27.6 Å². The van der Waals surface area contributed by atoms with Gasteiger partial charge in [0, 0.05) is 24.0 Å². The number of nitrogens with two attached hydrogens (primary N) is 1. The van der Waals surface area contributed by atoms with E-state index in [-0.39, 0.29) is 30.1 Å². The fourth-order valence-electron chi connectivity index (χ4n) is 1.99. The number of nitrogens with one attached hydrogen (secondary N) is 1. The predicted molar refractivity (Wildman–Crippen MR) is 113 cm³/mol. The monoisotopic (exact) mass is 460 g/mol. The number of aliphatic imine (C=N–C) groups is 1. The maximum absolute atomic E-state index is 5.91. The Kier molecular flexibility index (Phi) is 9.05. The Hall–Kier alpha value is -1.35. The summed E-state index contributed by atoms with van der Waals surface area (Å²) in [6, 6.07) is 7.68. The van der Waals surface area contributed by atoms with E-state index >= 15 is 0 Å². The molecule has 2 rings (SSSR count). The van der Waals surface area contributed by atoms with E-state index in [9.17, 15) is 0 Å². The van der Waals surface area contributed by atoms with Gasteiger partial charge < -0.3 is 15.8 Å². The summed E-state index contributed by atoms with van der Waals surface area (Å²) < 4.78 is 5.60. The van der Waals surface area contributed by atoms with Gasteiger partial charge in [0.05, 0.1) is 16.8 Å². The lowest BCUT2D eigenvalue weighted by molar-refractivity contribution is 0.242. The number of rotatable bonds is 7. The van der Waals surface area contributed by atoms with Gasteiger partial charge in [-0.2, -0.15) is 0 Å². The zero-order valence-electron chi connectivity index (χ0n) is 14.3. The van der Waals surface area contributed by atoms with E-state index in [1.165, 1.54) is 5.01 Å². The van der Waals surface area contributed by atoms with Gasteiger partial charge in [-0.05, 0) is 44.5 Å². The summed E-state index contributed by atoms with van der Waals surface area (Å²) in [4.78, 5) is 8.85. The van der Waals surface area contributed by atoms with Crippen LogP contribution in [0.3, 0.4) is 0 Å².